The van der Waals surface area contributed by atoms with Crippen LogP contribution in [-0.4, -0.2) is 10.2 Å². The zero-order valence-corrected chi connectivity index (χ0v) is 10.8. The standard InChI is InChI=1S/C17H16N2/c1-2-4-16(13-6-7-13)14(3-1)9-12-5-8-17-15(10-12)11-18-19-17/h1-5,8,10-11,13H,6-7,9H2,(H,18,19). The molecule has 0 spiro atoms. The van der Waals surface area contributed by atoms with Crippen molar-refractivity contribution in [2.24, 2.45) is 0 Å². The van der Waals surface area contributed by atoms with Crippen molar-refractivity contribution in [1.29, 1.82) is 0 Å². The van der Waals surface area contributed by atoms with Gasteiger partial charge in [-0.1, -0.05) is 30.3 Å². The number of nitrogens with zero attached hydrogens (tertiary/aromatic N) is 1. The first kappa shape index (κ1) is 10.8. The maximum atomic E-state index is 4.08. The van der Waals surface area contributed by atoms with Crippen molar-refractivity contribution in [1.82, 2.24) is 10.2 Å². The molecule has 1 saturated carbocycles. The highest BCUT2D eigenvalue weighted by molar-refractivity contribution is 5.78. The molecule has 2 nitrogen and oxygen atoms in total. The number of aromatic nitrogens is 2. The third kappa shape index (κ3) is 2.03. The second kappa shape index (κ2) is 4.23. The summed E-state index contributed by atoms with van der Waals surface area (Å²) in [4.78, 5) is 0. The van der Waals surface area contributed by atoms with E-state index in [4.69, 9.17) is 0 Å². The van der Waals surface area contributed by atoms with Gasteiger partial charge in [-0.3, -0.25) is 5.10 Å². The highest BCUT2D eigenvalue weighted by Crippen LogP contribution is 2.42. The number of rotatable bonds is 3. The largest absolute Gasteiger partial charge is 0.278 e. The zero-order valence-electron chi connectivity index (χ0n) is 10.8. The van der Waals surface area contributed by atoms with Crippen LogP contribution in [0.25, 0.3) is 10.9 Å². The lowest BCUT2D eigenvalue weighted by molar-refractivity contribution is 1.05. The van der Waals surface area contributed by atoms with Gasteiger partial charge < -0.3 is 0 Å². The van der Waals surface area contributed by atoms with Crippen LogP contribution in [0.2, 0.25) is 0 Å². The first-order valence-electron chi connectivity index (χ1n) is 6.90. The van der Waals surface area contributed by atoms with E-state index in [-0.39, 0.29) is 0 Å². The lowest BCUT2D eigenvalue weighted by Crippen LogP contribution is -1.94. The van der Waals surface area contributed by atoms with Crippen LogP contribution in [0.1, 0.15) is 35.4 Å². The summed E-state index contributed by atoms with van der Waals surface area (Å²) >= 11 is 0. The van der Waals surface area contributed by atoms with Gasteiger partial charge in [0.05, 0.1) is 11.7 Å². The normalized spacial score (nSPS) is 14.9. The fourth-order valence-corrected chi connectivity index (χ4v) is 2.81. The molecule has 1 heterocycles. The van der Waals surface area contributed by atoms with Crippen molar-refractivity contribution in [3.8, 4) is 0 Å². The Kier molecular flexibility index (Phi) is 2.41. The average molecular weight is 248 g/mol. The zero-order chi connectivity index (χ0) is 12.7. The van der Waals surface area contributed by atoms with E-state index in [2.05, 4.69) is 52.7 Å². The number of nitrogens with one attached hydrogen (secondary N) is 1. The quantitative estimate of drug-likeness (QED) is 0.744. The molecule has 4 rings (SSSR count). The third-order valence-corrected chi connectivity index (χ3v) is 3.97. The molecule has 0 atom stereocenters. The Morgan fingerprint density at radius 2 is 2.00 bits per heavy atom. The number of aromatic amines is 1. The van der Waals surface area contributed by atoms with Gasteiger partial charge >= 0.3 is 0 Å². The third-order valence-electron chi connectivity index (χ3n) is 3.97. The first-order chi connectivity index (χ1) is 9.40. The number of hydrogen-bond donors (Lipinski definition) is 1. The van der Waals surface area contributed by atoms with E-state index in [0.29, 0.717) is 0 Å². The van der Waals surface area contributed by atoms with Crippen LogP contribution in [0.3, 0.4) is 0 Å². The SMILES string of the molecule is c1ccc(C2CC2)c(Cc2ccc3[nH]ncc3c2)c1. The Hall–Kier alpha value is -2.09. The highest BCUT2D eigenvalue weighted by atomic mass is 15.1. The van der Waals surface area contributed by atoms with Crippen LogP contribution >= 0.6 is 0 Å². The summed E-state index contributed by atoms with van der Waals surface area (Å²) in [5.74, 6) is 0.814. The average Bonchev–Trinajstić information content (AvgIpc) is 3.17. The summed E-state index contributed by atoms with van der Waals surface area (Å²) in [7, 11) is 0. The van der Waals surface area contributed by atoms with Gasteiger partial charge in [-0.25, -0.2) is 0 Å². The predicted molar refractivity (Wildman–Crippen MR) is 77.3 cm³/mol. The second-order valence-electron chi connectivity index (χ2n) is 5.44. The van der Waals surface area contributed by atoms with Gasteiger partial charge in [0.25, 0.3) is 0 Å². The van der Waals surface area contributed by atoms with Crippen molar-refractivity contribution < 1.29 is 0 Å². The van der Waals surface area contributed by atoms with Crippen molar-refractivity contribution in [2.45, 2.75) is 25.2 Å². The molecule has 0 saturated heterocycles. The van der Waals surface area contributed by atoms with Crippen LogP contribution < -0.4 is 0 Å². The van der Waals surface area contributed by atoms with Gasteiger partial charge in [-0.05, 0) is 54.0 Å². The van der Waals surface area contributed by atoms with E-state index < -0.39 is 0 Å². The van der Waals surface area contributed by atoms with Gasteiger partial charge in [0, 0.05) is 5.39 Å². The first-order valence-corrected chi connectivity index (χ1v) is 6.90. The topological polar surface area (TPSA) is 28.7 Å². The van der Waals surface area contributed by atoms with Crippen molar-refractivity contribution >= 4 is 10.9 Å². The van der Waals surface area contributed by atoms with Gasteiger partial charge in [-0.2, -0.15) is 5.10 Å². The van der Waals surface area contributed by atoms with Crippen LogP contribution in [0.4, 0.5) is 0 Å². The van der Waals surface area contributed by atoms with E-state index in [9.17, 15) is 0 Å². The predicted octanol–water partition coefficient (Wildman–Crippen LogP) is 4.03. The molecule has 0 bridgehead atoms. The summed E-state index contributed by atoms with van der Waals surface area (Å²) in [6, 6.07) is 15.4. The molecule has 1 aromatic heterocycles. The summed E-state index contributed by atoms with van der Waals surface area (Å²) in [6.07, 6.45) is 5.63. The monoisotopic (exact) mass is 248 g/mol. The number of hydrogen-bond acceptors (Lipinski definition) is 1. The molecule has 19 heavy (non-hydrogen) atoms. The molecular formula is C17H16N2. The fourth-order valence-electron chi connectivity index (χ4n) is 2.81. The smallest absolute Gasteiger partial charge is 0.0650 e. The maximum Gasteiger partial charge on any atom is 0.0650 e. The molecular weight excluding hydrogens is 232 g/mol. The van der Waals surface area contributed by atoms with Crippen molar-refractivity contribution in [3.63, 3.8) is 0 Å². The number of fused-ring (bicyclic) bond motifs is 1. The number of H-pyrrole nitrogens is 1. The van der Waals surface area contributed by atoms with E-state index in [0.717, 1.165) is 17.9 Å². The molecule has 1 aliphatic rings. The minimum atomic E-state index is 0.814. The highest BCUT2D eigenvalue weighted by Gasteiger charge is 2.25. The molecule has 1 N–H and O–H groups in total. The minimum Gasteiger partial charge on any atom is -0.278 e. The second-order valence-corrected chi connectivity index (χ2v) is 5.44. The maximum absolute atomic E-state index is 4.08. The Balaban J connectivity index is 1.70. The van der Waals surface area contributed by atoms with E-state index >= 15 is 0 Å². The molecule has 0 radical (unpaired) electrons. The molecule has 0 unspecified atom stereocenters. The van der Waals surface area contributed by atoms with Crippen LogP contribution in [0, 0.1) is 0 Å². The molecule has 1 aliphatic carbocycles. The number of benzene rings is 2. The van der Waals surface area contributed by atoms with E-state index in [1.807, 2.05) is 6.20 Å². The summed E-state index contributed by atoms with van der Waals surface area (Å²) in [6.45, 7) is 0. The molecule has 94 valence electrons. The van der Waals surface area contributed by atoms with Crippen LogP contribution in [0.5, 0.6) is 0 Å². The molecule has 2 heteroatoms. The van der Waals surface area contributed by atoms with Crippen LogP contribution in [-0.2, 0) is 6.42 Å². The summed E-state index contributed by atoms with van der Waals surface area (Å²) < 4.78 is 0. The molecule has 0 aliphatic heterocycles. The fraction of sp³-hybridized carbons (Fsp3) is 0.235. The molecule has 1 fully saturated rings. The molecule has 2 aromatic carbocycles. The Labute approximate surface area is 112 Å². The molecule has 3 aromatic rings. The minimum absolute atomic E-state index is 0.814. The Bertz CT molecular complexity index is 723. The van der Waals surface area contributed by atoms with E-state index in [1.54, 1.807) is 5.56 Å². The summed E-state index contributed by atoms with van der Waals surface area (Å²) in [5, 5.41) is 8.28. The Morgan fingerprint density at radius 1 is 1.11 bits per heavy atom. The van der Waals surface area contributed by atoms with Gasteiger partial charge in [0.2, 0.25) is 0 Å². The van der Waals surface area contributed by atoms with Gasteiger partial charge in [0.15, 0.2) is 0 Å². The van der Waals surface area contributed by atoms with Crippen LogP contribution in [0.15, 0.2) is 48.7 Å². The van der Waals surface area contributed by atoms with Gasteiger partial charge in [0.1, 0.15) is 0 Å². The van der Waals surface area contributed by atoms with E-state index in [1.165, 1.54) is 29.4 Å². The lowest BCUT2D eigenvalue weighted by Gasteiger charge is -2.08. The van der Waals surface area contributed by atoms with Gasteiger partial charge in [-0.15, -0.1) is 0 Å². The van der Waals surface area contributed by atoms with Crippen molar-refractivity contribution in [3.05, 3.63) is 65.4 Å². The lowest BCUT2D eigenvalue weighted by atomic mass is 9.96. The van der Waals surface area contributed by atoms with Crippen molar-refractivity contribution in [2.75, 3.05) is 0 Å². The molecule has 0 amide bonds. The summed E-state index contributed by atoms with van der Waals surface area (Å²) in [5.41, 5.74) is 5.50. The Morgan fingerprint density at radius 3 is 2.89 bits per heavy atom.